The molecule has 0 spiro atoms. The molecule has 0 radical (unpaired) electrons. The summed E-state index contributed by atoms with van der Waals surface area (Å²) in [6.45, 7) is 5.41. The third-order valence-electron chi connectivity index (χ3n) is 5.37. The maximum atomic E-state index is 6.16. The zero-order valence-corrected chi connectivity index (χ0v) is 17.9. The maximum absolute atomic E-state index is 6.16. The Hall–Kier alpha value is -3.45. The van der Waals surface area contributed by atoms with Crippen LogP contribution in [0.15, 0.2) is 60.9 Å². The molecule has 2 aromatic carbocycles. The molecular weight excluding hydrogens is 410 g/mol. The van der Waals surface area contributed by atoms with Gasteiger partial charge in [0.1, 0.15) is 0 Å². The summed E-state index contributed by atoms with van der Waals surface area (Å²) >= 11 is 6.16. The number of fused-ring (bicyclic) bond motifs is 1. The van der Waals surface area contributed by atoms with Gasteiger partial charge in [0.25, 0.3) is 0 Å². The van der Waals surface area contributed by atoms with Crippen LogP contribution in [0.4, 0.5) is 23.1 Å². The molecule has 31 heavy (non-hydrogen) atoms. The third kappa shape index (κ3) is 4.22. The molecule has 0 saturated carbocycles. The molecule has 8 heteroatoms. The Morgan fingerprint density at radius 2 is 1.61 bits per heavy atom. The highest BCUT2D eigenvalue weighted by Gasteiger charge is 2.21. The van der Waals surface area contributed by atoms with Gasteiger partial charge in [-0.3, -0.25) is 0 Å². The van der Waals surface area contributed by atoms with Crippen LogP contribution in [0.1, 0.15) is 5.56 Å². The predicted octanol–water partition coefficient (Wildman–Crippen LogP) is 4.45. The standard InChI is InChI=1S/C23H22ClN7/c1-16-5-7-18(8-6-16)27-22-20-21(26-10-9-25-20)28-23(29-22)31-13-11-30(12-14-31)19-4-2-3-17(24)15-19/h2-10,15H,11-14H2,1H3,(H,26,27,28,29). The van der Waals surface area contributed by atoms with E-state index in [1.165, 1.54) is 5.56 Å². The fraction of sp³-hybridized carbons (Fsp3) is 0.217. The van der Waals surface area contributed by atoms with E-state index in [2.05, 4.69) is 55.2 Å². The molecule has 5 rings (SSSR count). The van der Waals surface area contributed by atoms with E-state index in [9.17, 15) is 0 Å². The normalized spacial score (nSPS) is 14.1. The van der Waals surface area contributed by atoms with Crippen LogP contribution in [0.3, 0.4) is 0 Å². The van der Waals surface area contributed by atoms with Gasteiger partial charge in [-0.15, -0.1) is 0 Å². The molecule has 1 aliphatic rings. The summed E-state index contributed by atoms with van der Waals surface area (Å²) in [7, 11) is 0. The Morgan fingerprint density at radius 1 is 0.871 bits per heavy atom. The summed E-state index contributed by atoms with van der Waals surface area (Å²) in [5, 5.41) is 4.14. The van der Waals surface area contributed by atoms with E-state index < -0.39 is 0 Å². The number of aryl methyl sites for hydroxylation is 1. The lowest BCUT2D eigenvalue weighted by Gasteiger charge is -2.36. The fourth-order valence-electron chi connectivity index (χ4n) is 3.69. The van der Waals surface area contributed by atoms with Gasteiger partial charge in [0.05, 0.1) is 0 Å². The number of piperazine rings is 1. The molecule has 156 valence electrons. The van der Waals surface area contributed by atoms with Crippen molar-refractivity contribution in [2.75, 3.05) is 41.3 Å². The Labute approximate surface area is 185 Å². The van der Waals surface area contributed by atoms with Crippen molar-refractivity contribution in [3.8, 4) is 0 Å². The largest absolute Gasteiger partial charge is 0.368 e. The summed E-state index contributed by atoms with van der Waals surface area (Å²) in [6, 6.07) is 16.2. The van der Waals surface area contributed by atoms with Crippen molar-refractivity contribution >= 4 is 45.9 Å². The number of aromatic nitrogens is 4. The number of rotatable bonds is 4. The van der Waals surface area contributed by atoms with E-state index in [1.807, 2.05) is 30.3 Å². The van der Waals surface area contributed by atoms with E-state index in [0.717, 1.165) is 42.6 Å². The van der Waals surface area contributed by atoms with Crippen LogP contribution >= 0.6 is 11.6 Å². The maximum Gasteiger partial charge on any atom is 0.229 e. The minimum Gasteiger partial charge on any atom is -0.368 e. The van der Waals surface area contributed by atoms with Gasteiger partial charge in [-0.05, 0) is 37.3 Å². The van der Waals surface area contributed by atoms with Gasteiger partial charge in [-0.2, -0.15) is 9.97 Å². The molecule has 0 aliphatic carbocycles. The fourth-order valence-corrected chi connectivity index (χ4v) is 3.88. The number of nitrogens with zero attached hydrogens (tertiary/aromatic N) is 6. The van der Waals surface area contributed by atoms with Crippen LogP contribution in [0.25, 0.3) is 11.2 Å². The molecule has 3 heterocycles. The molecule has 1 saturated heterocycles. The van der Waals surface area contributed by atoms with Crippen LogP contribution in [-0.4, -0.2) is 46.1 Å². The number of nitrogens with one attached hydrogen (secondary N) is 1. The van der Waals surface area contributed by atoms with Crippen molar-refractivity contribution in [2.45, 2.75) is 6.92 Å². The zero-order valence-electron chi connectivity index (χ0n) is 17.2. The highest BCUT2D eigenvalue weighted by molar-refractivity contribution is 6.30. The minimum atomic E-state index is 0.583. The van der Waals surface area contributed by atoms with Crippen LogP contribution in [0, 0.1) is 6.92 Å². The molecule has 4 aromatic rings. The highest BCUT2D eigenvalue weighted by Crippen LogP contribution is 2.26. The number of anilines is 4. The van der Waals surface area contributed by atoms with Crippen molar-refractivity contribution < 1.29 is 0 Å². The van der Waals surface area contributed by atoms with Gasteiger partial charge < -0.3 is 15.1 Å². The van der Waals surface area contributed by atoms with Crippen LogP contribution < -0.4 is 15.1 Å². The Balaban J connectivity index is 1.40. The minimum absolute atomic E-state index is 0.583. The monoisotopic (exact) mass is 431 g/mol. The van der Waals surface area contributed by atoms with Gasteiger partial charge in [-0.1, -0.05) is 35.4 Å². The average molecular weight is 432 g/mol. The highest BCUT2D eigenvalue weighted by atomic mass is 35.5. The quantitative estimate of drug-likeness (QED) is 0.511. The molecule has 1 fully saturated rings. The Morgan fingerprint density at radius 3 is 2.39 bits per heavy atom. The number of hydrogen-bond acceptors (Lipinski definition) is 7. The lowest BCUT2D eigenvalue weighted by molar-refractivity contribution is 0.641. The molecule has 1 aliphatic heterocycles. The first kappa shape index (κ1) is 19.5. The zero-order chi connectivity index (χ0) is 21.2. The molecular formula is C23H22ClN7. The van der Waals surface area contributed by atoms with Crippen LogP contribution in [0.5, 0.6) is 0 Å². The van der Waals surface area contributed by atoms with E-state index in [1.54, 1.807) is 12.4 Å². The van der Waals surface area contributed by atoms with E-state index in [4.69, 9.17) is 16.6 Å². The predicted molar refractivity (Wildman–Crippen MR) is 125 cm³/mol. The van der Waals surface area contributed by atoms with Gasteiger partial charge in [0.2, 0.25) is 5.95 Å². The van der Waals surface area contributed by atoms with Gasteiger partial charge in [-0.25, -0.2) is 9.97 Å². The third-order valence-corrected chi connectivity index (χ3v) is 5.61. The lowest BCUT2D eigenvalue weighted by atomic mass is 10.2. The second-order valence-electron chi connectivity index (χ2n) is 7.55. The number of hydrogen-bond donors (Lipinski definition) is 1. The van der Waals surface area contributed by atoms with Crippen molar-refractivity contribution in [3.05, 3.63) is 71.5 Å². The molecule has 0 unspecified atom stereocenters. The number of benzene rings is 2. The van der Waals surface area contributed by atoms with E-state index in [-0.39, 0.29) is 0 Å². The van der Waals surface area contributed by atoms with Gasteiger partial charge >= 0.3 is 0 Å². The second-order valence-corrected chi connectivity index (χ2v) is 7.98. The molecule has 7 nitrogen and oxygen atoms in total. The topological polar surface area (TPSA) is 70.1 Å². The second kappa shape index (κ2) is 8.35. The Kier molecular flexibility index (Phi) is 5.26. The summed E-state index contributed by atoms with van der Waals surface area (Å²) in [4.78, 5) is 22.9. The summed E-state index contributed by atoms with van der Waals surface area (Å²) in [6.07, 6.45) is 3.32. The molecule has 0 bridgehead atoms. The molecule has 2 aromatic heterocycles. The smallest absolute Gasteiger partial charge is 0.229 e. The van der Waals surface area contributed by atoms with Crippen molar-refractivity contribution in [3.63, 3.8) is 0 Å². The summed E-state index contributed by atoms with van der Waals surface area (Å²) in [5.41, 5.74) is 4.53. The first-order valence-corrected chi connectivity index (χ1v) is 10.6. The summed E-state index contributed by atoms with van der Waals surface area (Å²) in [5.74, 6) is 1.32. The van der Waals surface area contributed by atoms with Crippen molar-refractivity contribution in [1.29, 1.82) is 0 Å². The SMILES string of the molecule is Cc1ccc(Nc2nc(N3CCN(c4cccc(Cl)c4)CC3)nc3nccnc23)cc1. The van der Waals surface area contributed by atoms with E-state index in [0.29, 0.717) is 22.9 Å². The van der Waals surface area contributed by atoms with Gasteiger partial charge in [0, 0.05) is 55.0 Å². The number of halogens is 1. The summed E-state index contributed by atoms with van der Waals surface area (Å²) < 4.78 is 0. The van der Waals surface area contributed by atoms with Crippen molar-refractivity contribution in [1.82, 2.24) is 19.9 Å². The van der Waals surface area contributed by atoms with Crippen molar-refractivity contribution in [2.24, 2.45) is 0 Å². The average Bonchev–Trinajstić information content (AvgIpc) is 2.80. The Bertz CT molecular complexity index is 1200. The van der Waals surface area contributed by atoms with Crippen LogP contribution in [-0.2, 0) is 0 Å². The first-order chi connectivity index (χ1) is 15.2. The molecule has 1 N–H and O–H groups in total. The van der Waals surface area contributed by atoms with E-state index >= 15 is 0 Å². The van der Waals surface area contributed by atoms with Crippen LogP contribution in [0.2, 0.25) is 5.02 Å². The lowest BCUT2D eigenvalue weighted by Crippen LogP contribution is -2.47. The first-order valence-electron chi connectivity index (χ1n) is 10.2. The molecule has 0 atom stereocenters. The molecule has 0 amide bonds. The van der Waals surface area contributed by atoms with Gasteiger partial charge in [0.15, 0.2) is 17.0 Å².